The molecule has 2 N–H and O–H groups in total. The predicted molar refractivity (Wildman–Crippen MR) is 93.0 cm³/mol. The molecule has 1 fully saturated rings. The molecule has 1 aliphatic heterocycles. The Hall–Kier alpha value is -2.90. The van der Waals surface area contributed by atoms with Gasteiger partial charge >= 0.3 is 5.69 Å². The average molecular weight is 328 g/mol. The molecule has 126 valence electrons. The number of benzene rings is 1. The minimum Gasteiger partial charge on any atom is -0.350 e. The second-order valence-electron chi connectivity index (χ2n) is 5.96. The monoisotopic (exact) mass is 328 g/mol. The van der Waals surface area contributed by atoms with Crippen molar-refractivity contribution in [3.63, 3.8) is 0 Å². The van der Waals surface area contributed by atoms with Gasteiger partial charge in [-0.1, -0.05) is 25.1 Å². The first-order valence-corrected chi connectivity index (χ1v) is 7.96. The van der Waals surface area contributed by atoms with Crippen molar-refractivity contribution in [2.45, 2.75) is 19.8 Å². The lowest BCUT2D eigenvalue weighted by Gasteiger charge is -2.31. The zero-order chi connectivity index (χ0) is 16.9. The second kappa shape index (κ2) is 7.12. The highest BCUT2D eigenvalue weighted by atomic mass is 16.6. The third-order valence-electron chi connectivity index (χ3n) is 4.04. The van der Waals surface area contributed by atoms with Gasteiger partial charge in [-0.3, -0.25) is 21.0 Å². The molecule has 8 heteroatoms. The van der Waals surface area contributed by atoms with Crippen molar-refractivity contribution < 1.29 is 4.92 Å². The van der Waals surface area contributed by atoms with Gasteiger partial charge in [0.25, 0.3) is 0 Å². The molecule has 0 aliphatic carbocycles. The van der Waals surface area contributed by atoms with E-state index in [1.54, 1.807) is 0 Å². The van der Waals surface area contributed by atoms with Gasteiger partial charge in [-0.2, -0.15) is 0 Å². The molecular weight excluding hydrogens is 308 g/mol. The number of nitrogens with zero attached hydrogens (tertiary/aromatic N) is 4. The number of anilines is 3. The Labute approximate surface area is 140 Å². The molecule has 0 radical (unpaired) electrons. The molecule has 24 heavy (non-hydrogen) atoms. The van der Waals surface area contributed by atoms with Crippen LogP contribution in [0.2, 0.25) is 0 Å². The van der Waals surface area contributed by atoms with Crippen LogP contribution >= 0.6 is 0 Å². The summed E-state index contributed by atoms with van der Waals surface area (Å²) >= 11 is 0. The predicted octanol–water partition coefficient (Wildman–Crippen LogP) is 3.06. The van der Waals surface area contributed by atoms with E-state index in [9.17, 15) is 10.1 Å². The highest BCUT2D eigenvalue weighted by Gasteiger charge is 2.29. The van der Waals surface area contributed by atoms with Crippen LogP contribution in [0.15, 0.2) is 36.7 Å². The van der Waals surface area contributed by atoms with Crippen LogP contribution in [-0.2, 0) is 0 Å². The van der Waals surface area contributed by atoms with Crippen molar-refractivity contribution in [3.05, 3.63) is 46.8 Å². The molecule has 1 saturated heterocycles. The number of hydrogen-bond donors (Lipinski definition) is 2. The standard InChI is InChI=1S/C16H20N6O2/c1-12-6-5-9-21(10-12)16-14(22(23)24)15(17-11-18-16)20-19-13-7-3-2-4-8-13/h2-4,7-8,11-12,19H,5-6,9-10H2,1H3,(H,17,18,20). The summed E-state index contributed by atoms with van der Waals surface area (Å²) < 4.78 is 0. The van der Waals surface area contributed by atoms with Gasteiger partial charge in [0, 0.05) is 13.1 Å². The maximum absolute atomic E-state index is 11.6. The minimum atomic E-state index is -0.427. The van der Waals surface area contributed by atoms with E-state index in [2.05, 4.69) is 27.7 Å². The highest BCUT2D eigenvalue weighted by Crippen LogP contribution is 2.33. The Kier molecular flexibility index (Phi) is 4.74. The summed E-state index contributed by atoms with van der Waals surface area (Å²) in [6.45, 7) is 3.69. The van der Waals surface area contributed by atoms with Gasteiger partial charge in [0.1, 0.15) is 6.33 Å². The van der Waals surface area contributed by atoms with Crippen molar-refractivity contribution in [3.8, 4) is 0 Å². The van der Waals surface area contributed by atoms with Gasteiger partial charge in [0.2, 0.25) is 11.6 Å². The third kappa shape index (κ3) is 3.53. The first kappa shape index (κ1) is 16.0. The molecule has 1 atom stereocenters. The fourth-order valence-corrected chi connectivity index (χ4v) is 2.90. The summed E-state index contributed by atoms with van der Waals surface area (Å²) in [5.41, 5.74) is 6.45. The van der Waals surface area contributed by atoms with Crippen LogP contribution in [0.3, 0.4) is 0 Å². The lowest BCUT2D eigenvalue weighted by atomic mass is 10.0. The summed E-state index contributed by atoms with van der Waals surface area (Å²) in [5, 5.41) is 11.6. The molecule has 1 unspecified atom stereocenters. The van der Waals surface area contributed by atoms with Crippen LogP contribution < -0.4 is 15.8 Å². The lowest BCUT2D eigenvalue weighted by molar-refractivity contribution is -0.383. The molecule has 0 spiro atoms. The van der Waals surface area contributed by atoms with E-state index in [1.807, 2.05) is 35.2 Å². The van der Waals surface area contributed by atoms with E-state index in [0.717, 1.165) is 31.6 Å². The number of piperidine rings is 1. The maximum Gasteiger partial charge on any atom is 0.355 e. The van der Waals surface area contributed by atoms with Crippen LogP contribution in [0.5, 0.6) is 0 Å². The number of nitrogens with one attached hydrogen (secondary N) is 2. The summed E-state index contributed by atoms with van der Waals surface area (Å²) in [6, 6.07) is 9.35. The maximum atomic E-state index is 11.6. The molecule has 1 aromatic heterocycles. The van der Waals surface area contributed by atoms with Gasteiger partial charge in [-0.05, 0) is 30.9 Å². The number of hydrogen-bond acceptors (Lipinski definition) is 7. The Morgan fingerprint density at radius 3 is 2.75 bits per heavy atom. The summed E-state index contributed by atoms with van der Waals surface area (Å²) in [7, 11) is 0. The topological polar surface area (TPSA) is 96.2 Å². The molecule has 1 aromatic carbocycles. The smallest absolute Gasteiger partial charge is 0.350 e. The van der Waals surface area contributed by atoms with Gasteiger partial charge in [0.05, 0.1) is 10.6 Å². The SMILES string of the molecule is CC1CCCN(c2ncnc(NNc3ccccc3)c2[N+](=O)[O-])C1. The van der Waals surface area contributed by atoms with E-state index in [-0.39, 0.29) is 11.5 Å². The van der Waals surface area contributed by atoms with E-state index in [4.69, 9.17) is 0 Å². The molecule has 0 amide bonds. The van der Waals surface area contributed by atoms with Crippen LogP contribution in [0.25, 0.3) is 0 Å². The number of hydrazine groups is 1. The zero-order valence-corrected chi connectivity index (χ0v) is 13.5. The minimum absolute atomic E-state index is 0.102. The van der Waals surface area contributed by atoms with Gasteiger partial charge in [-0.15, -0.1) is 0 Å². The van der Waals surface area contributed by atoms with Crippen molar-refractivity contribution in [2.24, 2.45) is 5.92 Å². The summed E-state index contributed by atoms with van der Waals surface area (Å²) in [5.74, 6) is 1.03. The van der Waals surface area contributed by atoms with Crippen LogP contribution in [-0.4, -0.2) is 28.0 Å². The average Bonchev–Trinajstić information content (AvgIpc) is 2.60. The van der Waals surface area contributed by atoms with Crippen molar-refractivity contribution in [2.75, 3.05) is 28.8 Å². The normalized spacial score (nSPS) is 17.4. The van der Waals surface area contributed by atoms with Crippen LogP contribution in [0.4, 0.5) is 23.0 Å². The second-order valence-corrected chi connectivity index (χ2v) is 5.96. The number of para-hydroxylation sites is 1. The Morgan fingerprint density at radius 2 is 2.04 bits per heavy atom. The molecule has 3 rings (SSSR count). The number of rotatable bonds is 5. The summed E-state index contributed by atoms with van der Waals surface area (Å²) in [4.78, 5) is 21.4. The van der Waals surface area contributed by atoms with Crippen molar-refractivity contribution in [1.82, 2.24) is 9.97 Å². The van der Waals surface area contributed by atoms with E-state index < -0.39 is 4.92 Å². The molecule has 2 heterocycles. The van der Waals surface area contributed by atoms with E-state index in [1.165, 1.54) is 6.33 Å². The third-order valence-corrected chi connectivity index (χ3v) is 4.04. The van der Waals surface area contributed by atoms with Gasteiger partial charge < -0.3 is 4.90 Å². The number of aromatic nitrogens is 2. The van der Waals surface area contributed by atoms with Crippen LogP contribution in [0.1, 0.15) is 19.8 Å². The van der Waals surface area contributed by atoms with E-state index in [0.29, 0.717) is 11.7 Å². The number of nitro groups is 1. The lowest BCUT2D eigenvalue weighted by Crippen LogP contribution is -2.35. The fourth-order valence-electron chi connectivity index (χ4n) is 2.90. The summed E-state index contributed by atoms with van der Waals surface area (Å²) in [6.07, 6.45) is 3.50. The Bertz CT molecular complexity index is 709. The molecule has 0 saturated carbocycles. The molecular formula is C16H20N6O2. The van der Waals surface area contributed by atoms with Crippen LogP contribution in [0, 0.1) is 16.0 Å². The molecule has 0 bridgehead atoms. The Balaban J connectivity index is 1.86. The highest BCUT2D eigenvalue weighted by molar-refractivity contribution is 5.71. The zero-order valence-electron chi connectivity index (χ0n) is 13.5. The first-order chi connectivity index (χ1) is 11.6. The Morgan fingerprint density at radius 1 is 1.25 bits per heavy atom. The van der Waals surface area contributed by atoms with E-state index >= 15 is 0 Å². The van der Waals surface area contributed by atoms with Crippen molar-refractivity contribution in [1.29, 1.82) is 0 Å². The first-order valence-electron chi connectivity index (χ1n) is 7.96. The van der Waals surface area contributed by atoms with Gasteiger partial charge in [-0.25, -0.2) is 9.97 Å². The molecule has 8 nitrogen and oxygen atoms in total. The fraction of sp³-hybridized carbons (Fsp3) is 0.375. The largest absolute Gasteiger partial charge is 0.355 e. The molecule has 2 aromatic rings. The quantitative estimate of drug-likeness (QED) is 0.643. The molecule has 1 aliphatic rings. The van der Waals surface area contributed by atoms with Crippen molar-refractivity contribution >= 4 is 23.0 Å². The van der Waals surface area contributed by atoms with Gasteiger partial charge in [0.15, 0.2) is 0 Å².